The summed E-state index contributed by atoms with van der Waals surface area (Å²) in [6, 6.07) is 20.3. The summed E-state index contributed by atoms with van der Waals surface area (Å²) in [6.45, 7) is 5.99. The Labute approximate surface area is 224 Å². The van der Waals surface area contributed by atoms with Crippen molar-refractivity contribution in [2.24, 2.45) is 5.92 Å². The predicted molar refractivity (Wildman–Crippen MR) is 146 cm³/mol. The fourth-order valence-electron chi connectivity index (χ4n) is 5.70. The summed E-state index contributed by atoms with van der Waals surface area (Å²) in [5.74, 6) is -1.91. The first-order valence-corrected chi connectivity index (χ1v) is 12.8. The number of amides is 2. The number of aromatic hydroxyl groups is 1. The number of phenols is 1. The summed E-state index contributed by atoms with van der Waals surface area (Å²) in [5.41, 5.74) is 5.37. The van der Waals surface area contributed by atoms with Crippen LogP contribution >= 0.6 is 15.9 Å². The van der Waals surface area contributed by atoms with Crippen LogP contribution in [0.2, 0.25) is 0 Å². The number of ether oxygens (including phenoxy) is 1. The highest BCUT2D eigenvalue weighted by molar-refractivity contribution is 9.10. The summed E-state index contributed by atoms with van der Waals surface area (Å²) < 4.78 is 6.11. The Morgan fingerprint density at radius 2 is 1.84 bits per heavy atom. The van der Waals surface area contributed by atoms with E-state index >= 15 is 0 Å². The van der Waals surface area contributed by atoms with Crippen LogP contribution in [0.5, 0.6) is 11.5 Å². The Hall–Kier alpha value is -3.84. The third-order valence-corrected chi connectivity index (χ3v) is 7.84. The van der Waals surface area contributed by atoms with Crippen LogP contribution in [-0.2, 0) is 15.0 Å². The van der Waals surface area contributed by atoms with Gasteiger partial charge < -0.3 is 9.84 Å². The minimum absolute atomic E-state index is 0.0791. The third-order valence-electron chi connectivity index (χ3n) is 7.38. The van der Waals surface area contributed by atoms with Gasteiger partial charge in [-0.25, -0.2) is 0 Å². The highest BCUT2D eigenvalue weighted by Crippen LogP contribution is 2.59. The second kappa shape index (κ2) is 9.56. The number of benzene rings is 3. The van der Waals surface area contributed by atoms with E-state index in [-0.39, 0.29) is 23.3 Å². The zero-order chi connectivity index (χ0) is 26.3. The quantitative estimate of drug-likeness (QED) is 0.361. The van der Waals surface area contributed by atoms with Crippen LogP contribution in [-0.4, -0.2) is 29.0 Å². The minimum Gasteiger partial charge on any atom is -0.504 e. The highest BCUT2D eigenvalue weighted by Gasteiger charge is 2.66. The van der Waals surface area contributed by atoms with Crippen molar-refractivity contribution in [3.05, 3.63) is 112 Å². The van der Waals surface area contributed by atoms with Crippen molar-refractivity contribution in [2.45, 2.75) is 24.7 Å². The van der Waals surface area contributed by atoms with E-state index in [4.69, 9.17) is 4.74 Å². The molecule has 0 aromatic heterocycles. The number of nitrogens with one attached hydrogen (secondary N) is 1. The Morgan fingerprint density at radius 1 is 1.14 bits per heavy atom. The first-order valence-electron chi connectivity index (χ1n) is 12.0. The van der Waals surface area contributed by atoms with E-state index in [2.05, 4.69) is 27.9 Å². The minimum atomic E-state index is -1.32. The van der Waals surface area contributed by atoms with Gasteiger partial charge in [0.2, 0.25) is 0 Å². The number of halogens is 1. The Morgan fingerprint density at radius 3 is 2.49 bits per heavy atom. The lowest BCUT2D eigenvalue weighted by atomic mass is 9.56. The maximum Gasteiger partial charge on any atom is 0.260 e. The summed E-state index contributed by atoms with van der Waals surface area (Å²) in [5, 5.41) is 12.4. The second-order valence-corrected chi connectivity index (χ2v) is 10.3. The van der Waals surface area contributed by atoms with E-state index in [0.717, 1.165) is 16.1 Å². The molecular weight excluding hydrogens is 532 g/mol. The first kappa shape index (κ1) is 24.8. The van der Waals surface area contributed by atoms with Gasteiger partial charge in [0.05, 0.1) is 24.1 Å². The Bertz CT molecular complexity index is 1420. The van der Waals surface area contributed by atoms with E-state index in [9.17, 15) is 14.7 Å². The maximum atomic E-state index is 14.6. The van der Waals surface area contributed by atoms with E-state index in [1.165, 1.54) is 7.11 Å². The molecule has 0 radical (unpaired) electrons. The molecule has 0 bridgehead atoms. The number of carbonyl (C=O) groups excluding carboxylic acids is 2. The molecule has 1 aliphatic carbocycles. The Balaban J connectivity index is 1.76. The number of hydrogen-bond acceptors (Lipinski definition) is 5. The lowest BCUT2D eigenvalue weighted by molar-refractivity contribution is -0.138. The van der Waals surface area contributed by atoms with Gasteiger partial charge in [-0.1, -0.05) is 82.7 Å². The van der Waals surface area contributed by atoms with E-state index in [0.29, 0.717) is 27.7 Å². The van der Waals surface area contributed by atoms with Gasteiger partial charge in [0.1, 0.15) is 0 Å². The molecule has 0 saturated carbocycles. The largest absolute Gasteiger partial charge is 0.504 e. The topological polar surface area (TPSA) is 78.9 Å². The number of allylic oxidation sites excluding steroid dienone is 3. The summed E-state index contributed by atoms with van der Waals surface area (Å²) >= 11 is 3.52. The van der Waals surface area contributed by atoms with Gasteiger partial charge >= 0.3 is 0 Å². The molecule has 2 aliphatic rings. The number of rotatable bonds is 6. The number of phenolic OH excluding ortho intramolecular Hbond substituents is 1. The molecule has 188 valence electrons. The number of hydrogen-bond donors (Lipinski definition) is 2. The average molecular weight is 559 g/mol. The van der Waals surface area contributed by atoms with E-state index < -0.39 is 17.3 Å². The van der Waals surface area contributed by atoms with Crippen molar-refractivity contribution in [1.82, 2.24) is 5.01 Å². The third kappa shape index (κ3) is 3.85. The number of aryl methyl sites for hydroxylation is 1. The molecule has 0 unspecified atom stereocenters. The van der Waals surface area contributed by atoms with Gasteiger partial charge in [-0.3, -0.25) is 15.0 Å². The lowest BCUT2D eigenvalue weighted by Gasteiger charge is -2.43. The number of anilines is 1. The smallest absolute Gasteiger partial charge is 0.260 e. The van der Waals surface area contributed by atoms with Gasteiger partial charge in [0.25, 0.3) is 11.8 Å². The van der Waals surface area contributed by atoms with Gasteiger partial charge in [-0.05, 0) is 48.7 Å². The van der Waals surface area contributed by atoms with Crippen molar-refractivity contribution >= 4 is 33.4 Å². The van der Waals surface area contributed by atoms with Crippen molar-refractivity contribution in [3.63, 3.8) is 0 Å². The molecule has 1 heterocycles. The van der Waals surface area contributed by atoms with Gasteiger partial charge in [0.15, 0.2) is 11.5 Å². The van der Waals surface area contributed by atoms with Crippen molar-refractivity contribution < 1.29 is 19.4 Å². The standard InChI is InChI=1S/C30H27BrN2O4/c1-4-19-12-15-24-28(35)33(32-22-13-10-18(2)11-14-22)29(36)30(24,20-8-6-5-7-9-20)26(19)23-16-21(31)17-25(37-3)27(23)34/h4-14,16-17,24,26,32,34H,1,15H2,2-3H3/t24-,26+,30+/m0/s1. The van der Waals surface area contributed by atoms with Crippen LogP contribution in [0.1, 0.15) is 29.0 Å². The van der Waals surface area contributed by atoms with E-state index in [1.54, 1.807) is 18.2 Å². The molecule has 1 saturated heterocycles. The zero-order valence-corrected chi connectivity index (χ0v) is 22.2. The zero-order valence-electron chi connectivity index (χ0n) is 20.6. The molecule has 1 fully saturated rings. The van der Waals surface area contributed by atoms with Crippen molar-refractivity contribution in [1.29, 1.82) is 0 Å². The molecule has 3 atom stereocenters. The first-order chi connectivity index (χ1) is 17.8. The lowest BCUT2D eigenvalue weighted by Crippen LogP contribution is -2.48. The van der Waals surface area contributed by atoms with Crippen LogP contribution < -0.4 is 10.2 Å². The number of fused-ring (bicyclic) bond motifs is 1. The molecule has 6 nitrogen and oxygen atoms in total. The van der Waals surface area contributed by atoms with Gasteiger partial charge in [-0.15, -0.1) is 0 Å². The van der Waals surface area contributed by atoms with Crippen molar-refractivity contribution in [2.75, 3.05) is 12.5 Å². The predicted octanol–water partition coefficient (Wildman–Crippen LogP) is 6.02. The Kier molecular flexibility index (Phi) is 6.42. The van der Waals surface area contributed by atoms with Crippen LogP contribution in [0.25, 0.3) is 0 Å². The van der Waals surface area contributed by atoms with Crippen LogP contribution in [0.3, 0.4) is 0 Å². The normalized spacial score (nSPS) is 22.9. The average Bonchev–Trinajstić information content (AvgIpc) is 3.13. The van der Waals surface area contributed by atoms with Gasteiger partial charge in [-0.2, -0.15) is 5.01 Å². The number of imide groups is 1. The van der Waals surface area contributed by atoms with Crippen molar-refractivity contribution in [3.8, 4) is 11.5 Å². The summed E-state index contributed by atoms with van der Waals surface area (Å²) in [7, 11) is 1.48. The molecule has 2 amide bonds. The number of nitrogens with zero attached hydrogens (tertiary/aromatic N) is 1. The summed E-state index contributed by atoms with van der Waals surface area (Å²) in [6.07, 6.45) is 4.00. The molecule has 37 heavy (non-hydrogen) atoms. The molecule has 7 heteroatoms. The molecule has 5 rings (SSSR count). The fourth-order valence-corrected chi connectivity index (χ4v) is 6.15. The van der Waals surface area contributed by atoms with E-state index in [1.807, 2.05) is 67.6 Å². The highest BCUT2D eigenvalue weighted by atomic mass is 79.9. The van der Waals surface area contributed by atoms with Crippen LogP contribution in [0.4, 0.5) is 5.69 Å². The SMILES string of the molecule is C=CC1=CC[C@H]2C(=O)N(Nc3ccc(C)cc3)C(=O)[C@@]2(c2ccccc2)[C@H]1c1cc(Br)cc(OC)c1O. The molecule has 3 aromatic carbocycles. The van der Waals surface area contributed by atoms with Crippen LogP contribution in [0, 0.1) is 12.8 Å². The molecule has 3 aromatic rings. The fraction of sp³-hybridized carbons (Fsp3) is 0.200. The second-order valence-electron chi connectivity index (χ2n) is 9.37. The molecule has 2 N–H and O–H groups in total. The van der Waals surface area contributed by atoms with Crippen LogP contribution in [0.15, 0.2) is 95.5 Å². The number of methoxy groups -OCH3 is 1. The number of hydrazine groups is 1. The molecule has 1 aliphatic heterocycles. The number of carbonyl (C=O) groups is 2. The monoisotopic (exact) mass is 558 g/mol. The maximum absolute atomic E-state index is 14.6. The molecular formula is C30H27BrN2O4. The summed E-state index contributed by atoms with van der Waals surface area (Å²) in [4.78, 5) is 28.5. The molecule has 0 spiro atoms. The van der Waals surface area contributed by atoms with Gasteiger partial charge in [0, 0.05) is 16.0 Å².